The summed E-state index contributed by atoms with van der Waals surface area (Å²) in [5.74, 6) is 8.66. The molecule has 8 aliphatic carbocycles. The van der Waals surface area contributed by atoms with Crippen molar-refractivity contribution in [2.24, 2.45) is 98.6 Å². The summed E-state index contributed by atoms with van der Waals surface area (Å²) in [5, 5.41) is 28.7. The van der Waals surface area contributed by atoms with Crippen LogP contribution in [0.1, 0.15) is 191 Å². The highest BCUT2D eigenvalue weighted by atomic mass is 16.5. The average Bonchev–Trinajstić information content (AvgIpc) is 3.92. The molecule has 8 saturated carbocycles. The smallest absolute Gasteiger partial charge is 0.0701 e. The molecule has 0 amide bonds. The second kappa shape index (κ2) is 25.5. The molecular weight excluding hydrogens is 885 g/mol. The largest absolute Gasteiger partial charge is 0.394 e. The first-order valence-corrected chi connectivity index (χ1v) is 30.3. The van der Waals surface area contributed by atoms with E-state index in [1.54, 1.807) is 0 Å². The van der Waals surface area contributed by atoms with Crippen LogP contribution in [0, 0.1) is 98.6 Å². The molecule has 0 aromatic rings. The van der Waals surface area contributed by atoms with Crippen molar-refractivity contribution in [3.8, 4) is 0 Å². The Labute approximate surface area is 435 Å². The van der Waals surface area contributed by atoms with Crippen molar-refractivity contribution in [3.05, 3.63) is 25.3 Å². The lowest BCUT2D eigenvalue weighted by molar-refractivity contribution is -0.229. The zero-order chi connectivity index (χ0) is 51.1. The lowest BCUT2D eigenvalue weighted by Gasteiger charge is -2.64. The van der Waals surface area contributed by atoms with Crippen molar-refractivity contribution in [1.29, 1.82) is 0 Å². The fourth-order valence-electron chi connectivity index (χ4n) is 19.8. The van der Waals surface area contributed by atoms with Gasteiger partial charge in [-0.1, -0.05) is 119 Å². The van der Waals surface area contributed by atoms with Crippen molar-refractivity contribution in [3.63, 3.8) is 0 Å². The van der Waals surface area contributed by atoms with Crippen molar-refractivity contribution in [2.45, 2.75) is 221 Å². The van der Waals surface area contributed by atoms with Crippen LogP contribution in [0.4, 0.5) is 0 Å². The van der Waals surface area contributed by atoms with Gasteiger partial charge >= 0.3 is 0 Å². The maximum absolute atomic E-state index is 9.72. The van der Waals surface area contributed by atoms with E-state index >= 15 is 0 Å². The first-order chi connectivity index (χ1) is 34.1. The predicted molar refractivity (Wildman–Crippen MR) is 289 cm³/mol. The summed E-state index contributed by atoms with van der Waals surface area (Å²) < 4.78 is 32.6. The number of fused-ring (bicyclic) bond motifs is 10. The summed E-state index contributed by atoms with van der Waals surface area (Å²) >= 11 is 0. The van der Waals surface area contributed by atoms with Gasteiger partial charge in [-0.2, -0.15) is 0 Å². The second-order valence-corrected chi connectivity index (χ2v) is 26.6. The van der Waals surface area contributed by atoms with Crippen molar-refractivity contribution < 1.29 is 39.0 Å². The van der Waals surface area contributed by atoms with E-state index < -0.39 is 0 Å². The lowest BCUT2D eigenvalue weighted by atomic mass is 9.42. The fraction of sp³-hybridized carbons (Fsp3) is 0.937. The van der Waals surface area contributed by atoms with Gasteiger partial charge in [0.15, 0.2) is 0 Å². The first-order valence-electron chi connectivity index (χ1n) is 30.3. The lowest BCUT2D eigenvalue weighted by Crippen LogP contribution is -2.63. The van der Waals surface area contributed by atoms with E-state index in [-0.39, 0.29) is 54.4 Å². The molecule has 8 fully saturated rings. The quantitative estimate of drug-likeness (QED) is 0.0869. The molecule has 8 rings (SSSR count). The molecule has 0 unspecified atom stereocenters. The number of hydrogen-bond donors (Lipinski definition) is 3. The molecule has 0 bridgehead atoms. The minimum atomic E-state index is 0.0684. The summed E-state index contributed by atoms with van der Waals surface area (Å²) in [6.07, 6.45) is 30.2. The molecule has 22 atom stereocenters. The third-order valence-corrected chi connectivity index (χ3v) is 23.3. The molecule has 410 valence electrons. The Balaban J connectivity index is 0.000000209. The van der Waals surface area contributed by atoms with Crippen molar-refractivity contribution in [2.75, 3.05) is 52.9 Å². The van der Waals surface area contributed by atoms with E-state index in [1.807, 2.05) is 12.2 Å². The molecular formula is C63H110O8. The standard InChI is InChI=1S/C32H54O2.C31H56O6/c1-8-11-12-23(5)25-13-14-26-30-27(21-29(32(25,26)7)34-18-10-3)31(6)16-15-22(4)19-24(31)20-28(30)33-17-9-2;1-5-6-7-21(2)24-8-9-25-29-26(20-28(31(24,25)4)37-17-14-34)30(3)11-10-23(35-15-12-32)18-22(30)19-27(29)36-16-13-33/h9-10,22-30H,2-3,8,11-21H2,1,4-7H3;21-29,32-34H,5-20H2,1-4H3/t22-,23-,24+,25-,26+,27+,28-,29+,30+,31+,32-;21-,22+,23-,24-,25+,26+,27-,28+,29+,30+,31-/m11/s1. The van der Waals surface area contributed by atoms with Crippen LogP contribution in [-0.4, -0.2) is 98.7 Å². The van der Waals surface area contributed by atoms with E-state index in [9.17, 15) is 15.3 Å². The Bertz CT molecular complexity index is 1640. The van der Waals surface area contributed by atoms with Crippen LogP contribution >= 0.6 is 0 Å². The topological polar surface area (TPSA) is 107 Å². The van der Waals surface area contributed by atoms with E-state index in [0.29, 0.717) is 104 Å². The number of rotatable bonds is 23. The van der Waals surface area contributed by atoms with Gasteiger partial charge in [-0.05, 0) is 171 Å². The number of ether oxygens (including phenoxy) is 5. The van der Waals surface area contributed by atoms with E-state index in [1.165, 1.54) is 96.3 Å². The molecule has 0 aromatic heterocycles. The summed E-state index contributed by atoms with van der Waals surface area (Å²) in [6.45, 7) is 33.3. The molecule has 0 saturated heterocycles. The molecule has 0 radical (unpaired) electrons. The maximum Gasteiger partial charge on any atom is 0.0701 e. The van der Waals surface area contributed by atoms with E-state index in [0.717, 1.165) is 55.8 Å². The van der Waals surface area contributed by atoms with Crippen LogP contribution in [0.15, 0.2) is 25.3 Å². The van der Waals surface area contributed by atoms with Gasteiger partial charge in [-0.3, -0.25) is 0 Å². The Morgan fingerprint density at radius 1 is 0.535 bits per heavy atom. The van der Waals surface area contributed by atoms with Crippen molar-refractivity contribution >= 4 is 0 Å². The van der Waals surface area contributed by atoms with Gasteiger partial charge in [0.2, 0.25) is 0 Å². The van der Waals surface area contributed by atoms with Crippen LogP contribution in [0.3, 0.4) is 0 Å². The number of aliphatic hydroxyl groups is 3. The maximum atomic E-state index is 9.72. The van der Waals surface area contributed by atoms with Crippen LogP contribution in [0.2, 0.25) is 0 Å². The predicted octanol–water partition coefficient (Wildman–Crippen LogP) is 13.3. The SMILES string of the molecule is C=CCO[C@H]1C[C@H]2[C@@H]([C@H](OCC=C)C[C@@H]3C[C@H](C)CC[C@@]32C)[C@@H]2CC[C@H]([C@H](C)CCCC)[C@@]12C.CCCC[C@@H](C)[C@H]1CC[C@H]2[C@@H]3[C@H](OCCO)C[C@@H]4C[C@H](OCCO)CC[C@]4(C)[C@H]3C[C@H](OCCO)[C@]12C. The zero-order valence-corrected chi connectivity index (χ0v) is 47.1. The number of unbranched alkanes of at least 4 members (excludes halogenated alkanes) is 2. The Kier molecular flexibility index (Phi) is 20.8. The molecule has 3 N–H and O–H groups in total. The summed E-state index contributed by atoms with van der Waals surface area (Å²) in [4.78, 5) is 0. The van der Waals surface area contributed by atoms with Crippen LogP contribution in [0.25, 0.3) is 0 Å². The van der Waals surface area contributed by atoms with E-state index in [4.69, 9.17) is 23.7 Å². The molecule has 0 spiro atoms. The Morgan fingerprint density at radius 2 is 1.00 bits per heavy atom. The Morgan fingerprint density at radius 3 is 1.52 bits per heavy atom. The molecule has 8 heteroatoms. The normalized spacial score (nSPS) is 45.4. The number of aliphatic hydroxyl groups excluding tert-OH is 3. The highest BCUT2D eigenvalue weighted by Crippen LogP contribution is 2.71. The molecule has 8 nitrogen and oxygen atoms in total. The average molecular weight is 996 g/mol. The van der Waals surface area contributed by atoms with Crippen LogP contribution in [-0.2, 0) is 23.7 Å². The van der Waals surface area contributed by atoms with Crippen LogP contribution in [0.5, 0.6) is 0 Å². The first kappa shape index (κ1) is 57.9. The highest BCUT2D eigenvalue weighted by molar-refractivity contribution is 5.17. The van der Waals surface area contributed by atoms with Crippen LogP contribution < -0.4 is 0 Å². The fourth-order valence-corrected chi connectivity index (χ4v) is 19.8. The third-order valence-electron chi connectivity index (χ3n) is 23.3. The molecule has 0 aromatic carbocycles. The van der Waals surface area contributed by atoms with E-state index in [2.05, 4.69) is 75.5 Å². The van der Waals surface area contributed by atoms with Gasteiger partial charge < -0.3 is 39.0 Å². The molecule has 71 heavy (non-hydrogen) atoms. The van der Waals surface area contributed by atoms with Gasteiger partial charge in [-0.15, -0.1) is 13.2 Å². The molecule has 8 aliphatic rings. The minimum absolute atomic E-state index is 0.0684. The second-order valence-electron chi connectivity index (χ2n) is 26.6. The van der Waals surface area contributed by atoms with Gasteiger partial charge in [0.05, 0.1) is 83.4 Å². The highest BCUT2D eigenvalue weighted by Gasteiger charge is 2.68. The number of hydrogen-bond acceptors (Lipinski definition) is 8. The third kappa shape index (κ3) is 11.4. The summed E-state index contributed by atoms with van der Waals surface area (Å²) in [7, 11) is 0. The molecule has 0 heterocycles. The monoisotopic (exact) mass is 995 g/mol. The van der Waals surface area contributed by atoms with Gasteiger partial charge in [0.1, 0.15) is 0 Å². The molecule has 0 aliphatic heterocycles. The minimum Gasteiger partial charge on any atom is -0.394 e. The van der Waals surface area contributed by atoms with Gasteiger partial charge in [0.25, 0.3) is 0 Å². The summed E-state index contributed by atoms with van der Waals surface area (Å²) in [6, 6.07) is 0. The van der Waals surface area contributed by atoms with Crippen molar-refractivity contribution in [1.82, 2.24) is 0 Å². The zero-order valence-electron chi connectivity index (χ0n) is 47.1. The van der Waals surface area contributed by atoms with Gasteiger partial charge in [0, 0.05) is 10.8 Å². The summed E-state index contributed by atoms with van der Waals surface area (Å²) in [5.41, 5.74) is 0.998. The Hall–Kier alpha value is -0.840. The van der Waals surface area contributed by atoms with Gasteiger partial charge in [-0.25, -0.2) is 0 Å².